The zero-order valence-corrected chi connectivity index (χ0v) is 14.7. The predicted octanol–water partition coefficient (Wildman–Crippen LogP) is 3.74. The van der Waals surface area contributed by atoms with E-state index in [1.807, 2.05) is 16.8 Å². The van der Waals surface area contributed by atoms with Crippen LogP contribution in [0.4, 0.5) is 0 Å². The van der Waals surface area contributed by atoms with E-state index < -0.39 is 10.0 Å². The second-order valence-electron chi connectivity index (χ2n) is 5.13. The van der Waals surface area contributed by atoms with E-state index in [9.17, 15) is 8.42 Å². The van der Waals surface area contributed by atoms with Crippen LogP contribution in [0.25, 0.3) is 0 Å². The second-order valence-corrected chi connectivity index (χ2v) is 7.82. The van der Waals surface area contributed by atoms with Crippen LogP contribution in [0, 0.1) is 0 Å². The Bertz CT molecular complexity index is 835. The highest BCUT2D eigenvalue weighted by molar-refractivity contribution is 7.89. The Morgan fingerprint density at radius 3 is 2.62 bits per heavy atom. The third kappa shape index (κ3) is 3.53. The monoisotopic (exact) mass is 363 g/mol. The van der Waals surface area contributed by atoms with E-state index in [1.165, 1.54) is 29.0 Å². The lowest BCUT2D eigenvalue weighted by Gasteiger charge is -2.22. The van der Waals surface area contributed by atoms with E-state index in [4.69, 9.17) is 9.15 Å². The van der Waals surface area contributed by atoms with Gasteiger partial charge in [-0.1, -0.05) is 12.1 Å². The zero-order valence-electron chi connectivity index (χ0n) is 13.1. The van der Waals surface area contributed by atoms with Crippen LogP contribution in [0.15, 0.2) is 68.8 Å². The summed E-state index contributed by atoms with van der Waals surface area (Å²) in [4.78, 5) is 0.147. The molecule has 0 aliphatic carbocycles. The van der Waals surface area contributed by atoms with Gasteiger partial charge in [0, 0.05) is 6.54 Å². The lowest BCUT2D eigenvalue weighted by molar-refractivity contribution is 0.353. The quantitative estimate of drug-likeness (QED) is 0.642. The first-order chi connectivity index (χ1) is 11.6. The molecule has 0 unspecified atom stereocenters. The fourth-order valence-electron chi connectivity index (χ4n) is 2.36. The van der Waals surface area contributed by atoms with E-state index in [2.05, 4.69) is 0 Å². The topological polar surface area (TPSA) is 59.8 Å². The summed E-state index contributed by atoms with van der Waals surface area (Å²) < 4.78 is 38.3. The molecule has 0 saturated heterocycles. The summed E-state index contributed by atoms with van der Waals surface area (Å²) in [6, 6.07) is 12.0. The van der Waals surface area contributed by atoms with Crippen molar-refractivity contribution in [1.82, 2.24) is 4.31 Å². The van der Waals surface area contributed by atoms with Crippen LogP contribution in [-0.4, -0.2) is 19.8 Å². The van der Waals surface area contributed by atoms with Gasteiger partial charge in [-0.05, 0) is 46.7 Å². The first-order valence-corrected chi connectivity index (χ1v) is 9.66. The molecule has 0 amide bonds. The van der Waals surface area contributed by atoms with Gasteiger partial charge >= 0.3 is 0 Å². The molecule has 0 fully saturated rings. The third-order valence-electron chi connectivity index (χ3n) is 3.54. The number of benzene rings is 1. The average molecular weight is 363 g/mol. The molecule has 126 valence electrons. The minimum atomic E-state index is -3.74. The number of ether oxygens (including phenoxy) is 1. The molecule has 2 heterocycles. The molecule has 0 N–H and O–H groups in total. The summed E-state index contributed by atoms with van der Waals surface area (Å²) in [5, 5.41) is 3.86. The zero-order chi connectivity index (χ0) is 17.0. The highest BCUT2D eigenvalue weighted by Crippen LogP contribution is 2.28. The van der Waals surface area contributed by atoms with Gasteiger partial charge in [-0.3, -0.25) is 0 Å². The molecule has 0 aliphatic rings. The van der Waals surface area contributed by atoms with Crippen molar-refractivity contribution >= 4 is 21.4 Å². The van der Waals surface area contributed by atoms with E-state index >= 15 is 0 Å². The SMILES string of the molecule is COc1ccccc1S(=O)(=O)N(Cc1ccsc1)Cc1ccco1. The van der Waals surface area contributed by atoms with E-state index in [0.717, 1.165) is 5.56 Å². The number of furan rings is 1. The number of methoxy groups -OCH3 is 1. The number of nitrogens with zero attached hydrogens (tertiary/aromatic N) is 1. The minimum Gasteiger partial charge on any atom is -0.495 e. The van der Waals surface area contributed by atoms with Gasteiger partial charge in [-0.2, -0.15) is 15.6 Å². The lowest BCUT2D eigenvalue weighted by atomic mass is 10.3. The van der Waals surface area contributed by atoms with Crippen LogP contribution in [0.1, 0.15) is 11.3 Å². The van der Waals surface area contributed by atoms with Crippen molar-refractivity contribution in [3.63, 3.8) is 0 Å². The first-order valence-electron chi connectivity index (χ1n) is 7.28. The Morgan fingerprint density at radius 2 is 1.96 bits per heavy atom. The largest absolute Gasteiger partial charge is 0.495 e. The van der Waals surface area contributed by atoms with Crippen LogP contribution in [0.5, 0.6) is 5.75 Å². The summed E-state index contributed by atoms with van der Waals surface area (Å²) >= 11 is 1.53. The Balaban J connectivity index is 1.99. The average Bonchev–Trinajstić information content (AvgIpc) is 3.28. The van der Waals surface area contributed by atoms with Gasteiger partial charge < -0.3 is 9.15 Å². The van der Waals surface area contributed by atoms with Crippen molar-refractivity contribution in [1.29, 1.82) is 0 Å². The van der Waals surface area contributed by atoms with Gasteiger partial charge in [0.15, 0.2) is 0 Å². The Kier molecular flexibility index (Phi) is 5.03. The number of sulfonamides is 1. The van der Waals surface area contributed by atoms with Gasteiger partial charge in [0.05, 0.1) is 19.9 Å². The second kappa shape index (κ2) is 7.21. The van der Waals surface area contributed by atoms with Crippen LogP contribution in [0.3, 0.4) is 0 Å². The summed E-state index contributed by atoms with van der Waals surface area (Å²) in [5.41, 5.74) is 0.935. The molecule has 3 rings (SSSR count). The van der Waals surface area contributed by atoms with Gasteiger partial charge in [0.1, 0.15) is 16.4 Å². The van der Waals surface area contributed by atoms with Crippen molar-refractivity contribution in [2.45, 2.75) is 18.0 Å². The van der Waals surface area contributed by atoms with Crippen molar-refractivity contribution in [3.8, 4) is 5.75 Å². The molecule has 0 atom stereocenters. The van der Waals surface area contributed by atoms with Crippen LogP contribution in [0.2, 0.25) is 0 Å². The molecule has 0 saturated carbocycles. The van der Waals surface area contributed by atoms with Crippen molar-refractivity contribution in [2.24, 2.45) is 0 Å². The maximum atomic E-state index is 13.2. The number of hydrogen-bond donors (Lipinski definition) is 0. The standard InChI is InChI=1S/C17H17NO4S2/c1-21-16-6-2-3-7-17(16)24(19,20)18(11-14-8-10-23-13-14)12-15-5-4-9-22-15/h2-10,13H,11-12H2,1H3. The molecule has 7 heteroatoms. The number of para-hydroxylation sites is 1. The molecule has 0 radical (unpaired) electrons. The van der Waals surface area contributed by atoms with Gasteiger partial charge in [-0.15, -0.1) is 0 Å². The van der Waals surface area contributed by atoms with Gasteiger partial charge in [-0.25, -0.2) is 8.42 Å². The van der Waals surface area contributed by atoms with E-state index in [1.54, 1.807) is 36.4 Å². The van der Waals surface area contributed by atoms with Gasteiger partial charge in [0.25, 0.3) is 0 Å². The summed E-state index contributed by atoms with van der Waals surface area (Å²) in [7, 11) is -2.28. The molecular weight excluding hydrogens is 346 g/mol. The fraction of sp³-hybridized carbons (Fsp3) is 0.176. The van der Waals surface area contributed by atoms with E-state index in [0.29, 0.717) is 11.5 Å². The first kappa shape index (κ1) is 16.8. The Morgan fingerprint density at radius 1 is 1.12 bits per heavy atom. The molecule has 1 aromatic carbocycles. The minimum absolute atomic E-state index is 0.147. The number of thiophene rings is 1. The molecule has 3 aromatic rings. The molecule has 0 aliphatic heterocycles. The number of rotatable bonds is 7. The number of hydrogen-bond acceptors (Lipinski definition) is 5. The molecule has 0 bridgehead atoms. The Labute approximate surface area is 145 Å². The maximum Gasteiger partial charge on any atom is 0.247 e. The van der Waals surface area contributed by atoms with Crippen LogP contribution < -0.4 is 4.74 Å². The molecule has 2 aromatic heterocycles. The summed E-state index contributed by atoms with van der Waals surface area (Å²) in [5.74, 6) is 0.913. The van der Waals surface area contributed by atoms with Gasteiger partial charge in [0.2, 0.25) is 10.0 Å². The highest BCUT2D eigenvalue weighted by atomic mass is 32.2. The molecule has 5 nitrogen and oxygen atoms in total. The molecule has 24 heavy (non-hydrogen) atoms. The Hall–Kier alpha value is -2.09. The van der Waals surface area contributed by atoms with Crippen molar-refractivity contribution in [2.75, 3.05) is 7.11 Å². The van der Waals surface area contributed by atoms with Crippen LogP contribution >= 0.6 is 11.3 Å². The predicted molar refractivity (Wildman–Crippen MR) is 92.5 cm³/mol. The summed E-state index contributed by atoms with van der Waals surface area (Å²) in [6.07, 6.45) is 1.54. The third-order valence-corrected chi connectivity index (χ3v) is 6.10. The van der Waals surface area contributed by atoms with E-state index in [-0.39, 0.29) is 18.0 Å². The van der Waals surface area contributed by atoms with Crippen LogP contribution in [-0.2, 0) is 23.1 Å². The molecular formula is C17H17NO4S2. The lowest BCUT2D eigenvalue weighted by Crippen LogP contribution is -2.30. The molecule has 0 spiro atoms. The van der Waals surface area contributed by atoms with Crippen molar-refractivity contribution in [3.05, 3.63) is 70.8 Å². The maximum absolute atomic E-state index is 13.2. The van der Waals surface area contributed by atoms with Crippen molar-refractivity contribution < 1.29 is 17.6 Å². The smallest absolute Gasteiger partial charge is 0.247 e. The highest BCUT2D eigenvalue weighted by Gasteiger charge is 2.28. The normalized spacial score (nSPS) is 11.8. The fourth-order valence-corrected chi connectivity index (χ4v) is 4.57. The summed E-state index contributed by atoms with van der Waals surface area (Å²) in [6.45, 7) is 0.424.